The molecule has 0 heterocycles. The van der Waals surface area contributed by atoms with Gasteiger partial charge < -0.3 is 0 Å². The van der Waals surface area contributed by atoms with Crippen LogP contribution in [0.4, 0.5) is 8.78 Å². The van der Waals surface area contributed by atoms with Gasteiger partial charge in [-0.15, -0.1) is 0 Å². The van der Waals surface area contributed by atoms with E-state index >= 15 is 0 Å². The zero-order chi connectivity index (χ0) is 11.4. The lowest BCUT2D eigenvalue weighted by Crippen LogP contribution is -2.27. The molecule has 0 aliphatic rings. The van der Waals surface area contributed by atoms with Crippen LogP contribution >= 0.6 is 0 Å². The van der Waals surface area contributed by atoms with Crippen LogP contribution in [0.25, 0.3) is 0 Å². The minimum atomic E-state index is -2.76. The summed E-state index contributed by atoms with van der Waals surface area (Å²) in [5.41, 5.74) is 0.567. The van der Waals surface area contributed by atoms with Gasteiger partial charge in [-0.25, -0.2) is 8.78 Å². The fraction of sp³-hybridized carbons (Fsp3) is 0.727. The minimum absolute atomic E-state index is 0.0311. The van der Waals surface area contributed by atoms with Gasteiger partial charge in [-0.05, 0) is 12.8 Å². The van der Waals surface area contributed by atoms with Crippen LogP contribution in [0.1, 0.15) is 34.1 Å². The smallest absolute Gasteiger partial charge is 0.274 e. The lowest BCUT2D eigenvalue weighted by atomic mass is 9.93. The lowest BCUT2D eigenvalue weighted by Gasteiger charge is -2.21. The van der Waals surface area contributed by atoms with Crippen molar-refractivity contribution in [1.82, 2.24) is 0 Å². The zero-order valence-electron chi connectivity index (χ0n) is 9.56. The molecule has 0 aromatic heterocycles. The quantitative estimate of drug-likeness (QED) is 0.618. The fourth-order valence-electron chi connectivity index (χ4n) is 1.43. The third-order valence-electron chi connectivity index (χ3n) is 2.19. The number of aliphatic imine (C=N–C) groups is 1. The van der Waals surface area contributed by atoms with E-state index in [1.54, 1.807) is 14.0 Å². The monoisotopic (exact) mass is 203 g/mol. The third-order valence-corrected chi connectivity index (χ3v) is 2.19. The zero-order valence-corrected chi connectivity index (χ0v) is 9.56. The van der Waals surface area contributed by atoms with Crippen molar-refractivity contribution in [3.63, 3.8) is 0 Å². The van der Waals surface area contributed by atoms with Crippen molar-refractivity contribution in [3.05, 3.63) is 11.6 Å². The van der Waals surface area contributed by atoms with Gasteiger partial charge in [0, 0.05) is 24.8 Å². The highest BCUT2D eigenvalue weighted by Gasteiger charge is 2.34. The predicted octanol–water partition coefficient (Wildman–Crippen LogP) is 3.70. The van der Waals surface area contributed by atoms with Crippen LogP contribution in [0.2, 0.25) is 0 Å². The summed E-state index contributed by atoms with van der Waals surface area (Å²) in [7, 11) is 1.56. The number of hydrogen-bond acceptors (Lipinski definition) is 1. The lowest BCUT2D eigenvalue weighted by molar-refractivity contribution is 0.0433. The molecule has 14 heavy (non-hydrogen) atoms. The van der Waals surface area contributed by atoms with Crippen LogP contribution < -0.4 is 0 Å². The first-order valence-electron chi connectivity index (χ1n) is 4.92. The largest absolute Gasteiger partial charge is 0.292 e. The Labute approximate surface area is 84.9 Å². The van der Waals surface area contributed by atoms with Gasteiger partial charge in [-0.3, -0.25) is 4.99 Å². The molecule has 0 aromatic rings. The van der Waals surface area contributed by atoms with Gasteiger partial charge >= 0.3 is 0 Å². The van der Waals surface area contributed by atoms with E-state index in [1.807, 2.05) is 13.8 Å². The maximum atomic E-state index is 13.5. The molecule has 0 amide bonds. The second-order valence-corrected chi connectivity index (χ2v) is 3.52. The Morgan fingerprint density at radius 2 is 1.93 bits per heavy atom. The highest BCUT2D eigenvalue weighted by molar-refractivity contribution is 6.02. The van der Waals surface area contributed by atoms with Crippen molar-refractivity contribution < 1.29 is 8.78 Å². The standard InChI is InChI=1S/C11H19F2N/c1-6-9(11(12,13)7-2)10(14-5)8(3)4/h6,8H,7H2,1-5H3/b9-6+,14-10?. The first-order valence-corrected chi connectivity index (χ1v) is 4.92. The minimum Gasteiger partial charge on any atom is -0.292 e. The topological polar surface area (TPSA) is 12.4 Å². The average molecular weight is 203 g/mol. The van der Waals surface area contributed by atoms with Crippen molar-refractivity contribution in [3.8, 4) is 0 Å². The van der Waals surface area contributed by atoms with Crippen LogP contribution in [0.3, 0.4) is 0 Å². The number of allylic oxidation sites excluding steroid dienone is 2. The Hall–Kier alpha value is -0.730. The molecule has 1 nitrogen and oxygen atoms in total. The van der Waals surface area contributed by atoms with Crippen molar-refractivity contribution in [2.45, 2.75) is 40.0 Å². The summed E-state index contributed by atoms with van der Waals surface area (Å²) in [6.45, 7) is 6.86. The highest BCUT2D eigenvalue weighted by atomic mass is 19.3. The van der Waals surface area contributed by atoms with Gasteiger partial charge in [0.15, 0.2) is 0 Å². The summed E-state index contributed by atoms with van der Waals surface area (Å²) < 4.78 is 26.9. The van der Waals surface area contributed by atoms with Crippen LogP contribution in [0.5, 0.6) is 0 Å². The number of halogens is 2. The third kappa shape index (κ3) is 2.89. The molecule has 0 aliphatic heterocycles. The SMILES string of the molecule is C/C=C(\C(=NC)C(C)C)C(F)(F)CC. The van der Waals surface area contributed by atoms with Crippen LogP contribution in [-0.4, -0.2) is 18.7 Å². The van der Waals surface area contributed by atoms with Crippen molar-refractivity contribution in [2.75, 3.05) is 7.05 Å². The van der Waals surface area contributed by atoms with Crippen LogP contribution in [-0.2, 0) is 0 Å². The number of hydrogen-bond donors (Lipinski definition) is 0. The average Bonchev–Trinajstić information content (AvgIpc) is 2.12. The van der Waals surface area contributed by atoms with Crippen molar-refractivity contribution >= 4 is 5.71 Å². The molecule has 0 bridgehead atoms. The van der Waals surface area contributed by atoms with E-state index in [0.29, 0.717) is 5.71 Å². The first kappa shape index (κ1) is 13.3. The second-order valence-electron chi connectivity index (χ2n) is 3.52. The van der Waals surface area contributed by atoms with Gasteiger partial charge in [0.1, 0.15) is 0 Å². The number of nitrogens with zero attached hydrogens (tertiary/aromatic N) is 1. The van der Waals surface area contributed by atoms with Crippen LogP contribution in [0, 0.1) is 5.92 Å². The maximum absolute atomic E-state index is 13.5. The molecular weight excluding hydrogens is 184 g/mol. The molecule has 0 spiro atoms. The summed E-state index contributed by atoms with van der Waals surface area (Å²) in [4.78, 5) is 3.94. The van der Waals surface area contributed by atoms with Gasteiger partial charge in [-0.1, -0.05) is 26.8 Å². The summed E-state index contributed by atoms with van der Waals surface area (Å²) in [6.07, 6.45) is 1.28. The molecule has 0 atom stereocenters. The Bertz CT molecular complexity index is 240. The Balaban J connectivity index is 5.11. The molecule has 0 radical (unpaired) electrons. The van der Waals surface area contributed by atoms with E-state index < -0.39 is 5.92 Å². The Kier molecular flexibility index (Phi) is 4.95. The normalized spacial score (nSPS) is 15.1. The molecule has 0 fully saturated rings. The van der Waals surface area contributed by atoms with Gasteiger partial charge in [-0.2, -0.15) is 0 Å². The number of alkyl halides is 2. The molecule has 0 aromatic carbocycles. The first-order chi connectivity index (χ1) is 6.40. The molecule has 3 heteroatoms. The van der Waals surface area contributed by atoms with E-state index in [0.717, 1.165) is 0 Å². The van der Waals surface area contributed by atoms with Crippen LogP contribution in [0.15, 0.2) is 16.6 Å². The Morgan fingerprint density at radius 3 is 2.14 bits per heavy atom. The van der Waals surface area contributed by atoms with Crippen molar-refractivity contribution in [2.24, 2.45) is 10.9 Å². The second kappa shape index (κ2) is 5.23. The molecular formula is C11H19F2N. The highest BCUT2D eigenvalue weighted by Crippen LogP contribution is 2.30. The summed E-state index contributed by atoms with van der Waals surface area (Å²) >= 11 is 0. The van der Waals surface area contributed by atoms with Gasteiger partial charge in [0.2, 0.25) is 0 Å². The fourth-order valence-corrected chi connectivity index (χ4v) is 1.43. The summed E-state index contributed by atoms with van der Waals surface area (Å²) in [5, 5.41) is 0. The van der Waals surface area contributed by atoms with E-state index in [-0.39, 0.29) is 17.9 Å². The molecule has 0 N–H and O–H groups in total. The Morgan fingerprint density at radius 1 is 1.43 bits per heavy atom. The molecule has 0 saturated carbocycles. The predicted molar refractivity (Wildman–Crippen MR) is 57.2 cm³/mol. The molecule has 0 rings (SSSR count). The maximum Gasteiger partial charge on any atom is 0.274 e. The molecule has 0 unspecified atom stereocenters. The van der Waals surface area contributed by atoms with Crippen molar-refractivity contribution in [1.29, 1.82) is 0 Å². The molecule has 0 saturated heterocycles. The van der Waals surface area contributed by atoms with E-state index in [4.69, 9.17) is 0 Å². The summed E-state index contributed by atoms with van der Waals surface area (Å²) in [5.74, 6) is -2.72. The summed E-state index contributed by atoms with van der Waals surface area (Å²) in [6, 6.07) is 0. The molecule has 0 aliphatic carbocycles. The van der Waals surface area contributed by atoms with Gasteiger partial charge in [0.25, 0.3) is 5.92 Å². The van der Waals surface area contributed by atoms with Gasteiger partial charge in [0.05, 0.1) is 0 Å². The number of rotatable bonds is 4. The van der Waals surface area contributed by atoms with E-state index in [1.165, 1.54) is 13.0 Å². The van der Waals surface area contributed by atoms with E-state index in [2.05, 4.69) is 4.99 Å². The van der Waals surface area contributed by atoms with E-state index in [9.17, 15) is 8.78 Å². The molecule has 82 valence electrons.